The Hall–Kier alpha value is -0.570. The van der Waals surface area contributed by atoms with Gasteiger partial charge in [-0.3, -0.25) is 0 Å². The topological polar surface area (TPSA) is 30.7 Å². The first-order valence-electron chi connectivity index (χ1n) is 5.61. The van der Waals surface area contributed by atoms with Crippen molar-refractivity contribution in [2.45, 2.75) is 45.5 Å². The average Bonchev–Trinajstić information content (AvgIpc) is 2.76. The van der Waals surface area contributed by atoms with Gasteiger partial charge in [-0.15, -0.1) is 21.8 Å². The van der Waals surface area contributed by atoms with Gasteiger partial charge in [0.25, 0.3) is 0 Å². The van der Waals surface area contributed by atoms with Crippen LogP contribution >= 0.6 is 11.6 Å². The molecule has 4 heteroatoms. The zero-order chi connectivity index (χ0) is 11.0. The van der Waals surface area contributed by atoms with E-state index in [1.165, 1.54) is 6.42 Å². The molecule has 0 saturated heterocycles. The zero-order valence-corrected chi connectivity index (χ0v) is 10.3. The van der Waals surface area contributed by atoms with Crippen LogP contribution < -0.4 is 0 Å². The maximum Gasteiger partial charge on any atom is 0.147 e. The van der Waals surface area contributed by atoms with Crippen LogP contribution in [0.1, 0.15) is 44.8 Å². The van der Waals surface area contributed by atoms with Gasteiger partial charge in [0.05, 0.1) is 5.88 Å². The van der Waals surface area contributed by atoms with E-state index in [1.807, 2.05) is 0 Å². The summed E-state index contributed by atoms with van der Waals surface area (Å²) in [6, 6.07) is 0. The third-order valence-electron chi connectivity index (χ3n) is 2.96. The van der Waals surface area contributed by atoms with Crippen molar-refractivity contribution in [3.8, 4) is 0 Å². The standard InChI is InChI=1S/C11H18ClN3/c1-7(2)6-15-10(5-12)13-14-11(15)9-4-8(9)3/h7-9H,4-6H2,1-3H3. The summed E-state index contributed by atoms with van der Waals surface area (Å²) in [6.07, 6.45) is 1.25. The maximum absolute atomic E-state index is 5.87. The minimum atomic E-state index is 0.459. The fourth-order valence-corrected chi connectivity index (χ4v) is 2.17. The highest BCUT2D eigenvalue weighted by Crippen LogP contribution is 2.46. The van der Waals surface area contributed by atoms with Gasteiger partial charge in [0.2, 0.25) is 0 Å². The van der Waals surface area contributed by atoms with Gasteiger partial charge in [-0.1, -0.05) is 20.8 Å². The Morgan fingerprint density at radius 3 is 2.60 bits per heavy atom. The van der Waals surface area contributed by atoms with E-state index in [0.29, 0.717) is 17.7 Å². The number of nitrogens with zero attached hydrogens (tertiary/aromatic N) is 3. The van der Waals surface area contributed by atoms with Crippen LogP contribution in [0.2, 0.25) is 0 Å². The Morgan fingerprint density at radius 1 is 1.47 bits per heavy atom. The number of alkyl halides is 1. The molecule has 0 amide bonds. The molecule has 15 heavy (non-hydrogen) atoms. The summed E-state index contributed by atoms with van der Waals surface area (Å²) in [4.78, 5) is 0. The molecule has 1 fully saturated rings. The molecular formula is C11H18ClN3. The third-order valence-corrected chi connectivity index (χ3v) is 3.20. The number of hydrogen-bond donors (Lipinski definition) is 0. The number of aromatic nitrogens is 3. The van der Waals surface area contributed by atoms with Crippen molar-refractivity contribution >= 4 is 11.6 Å². The predicted molar refractivity (Wildman–Crippen MR) is 60.9 cm³/mol. The molecule has 0 spiro atoms. The van der Waals surface area contributed by atoms with Gasteiger partial charge in [0.15, 0.2) is 0 Å². The highest BCUT2D eigenvalue weighted by Gasteiger charge is 2.38. The van der Waals surface area contributed by atoms with Crippen molar-refractivity contribution in [1.82, 2.24) is 14.8 Å². The van der Waals surface area contributed by atoms with Gasteiger partial charge in [0, 0.05) is 12.5 Å². The van der Waals surface area contributed by atoms with Crippen LogP contribution in [0.3, 0.4) is 0 Å². The number of hydrogen-bond acceptors (Lipinski definition) is 2. The lowest BCUT2D eigenvalue weighted by molar-refractivity contribution is 0.495. The molecule has 2 rings (SSSR count). The first-order chi connectivity index (χ1) is 7.13. The Balaban J connectivity index is 2.25. The number of rotatable bonds is 4. The van der Waals surface area contributed by atoms with Crippen LogP contribution in [0, 0.1) is 11.8 Å². The fraction of sp³-hybridized carbons (Fsp3) is 0.818. The summed E-state index contributed by atoms with van der Waals surface area (Å²) in [5.74, 6) is 4.51. The van der Waals surface area contributed by atoms with Crippen molar-refractivity contribution < 1.29 is 0 Å². The molecule has 0 aliphatic heterocycles. The SMILES string of the molecule is CC(C)Cn1c(CCl)nnc1C1CC1C. The first kappa shape index (κ1) is 10.9. The van der Waals surface area contributed by atoms with Crippen LogP contribution in [-0.2, 0) is 12.4 Å². The lowest BCUT2D eigenvalue weighted by Crippen LogP contribution is -2.11. The quantitative estimate of drug-likeness (QED) is 0.741. The molecule has 1 aromatic heterocycles. The van der Waals surface area contributed by atoms with Crippen molar-refractivity contribution in [3.05, 3.63) is 11.6 Å². The molecule has 84 valence electrons. The molecule has 0 radical (unpaired) electrons. The normalized spacial score (nSPS) is 24.9. The van der Waals surface area contributed by atoms with E-state index in [9.17, 15) is 0 Å². The second kappa shape index (κ2) is 4.12. The van der Waals surface area contributed by atoms with E-state index in [4.69, 9.17) is 11.6 Å². The molecule has 1 aliphatic carbocycles. The Kier molecular flexibility index (Phi) is 3.01. The Morgan fingerprint density at radius 2 is 2.13 bits per heavy atom. The predicted octanol–water partition coefficient (Wildman–Crippen LogP) is 2.80. The highest BCUT2D eigenvalue weighted by atomic mass is 35.5. The summed E-state index contributed by atoms with van der Waals surface area (Å²) < 4.78 is 2.21. The third kappa shape index (κ3) is 2.17. The second-order valence-corrected chi connectivity index (χ2v) is 5.20. The Bertz CT molecular complexity index is 346. The molecule has 1 heterocycles. The van der Waals surface area contributed by atoms with Gasteiger partial charge in [0.1, 0.15) is 11.6 Å². The van der Waals surface area contributed by atoms with Crippen LogP contribution in [0.5, 0.6) is 0 Å². The molecule has 1 aliphatic rings. The molecule has 0 N–H and O–H groups in total. The van der Waals surface area contributed by atoms with E-state index in [1.54, 1.807) is 0 Å². The van der Waals surface area contributed by atoms with E-state index in [2.05, 4.69) is 35.5 Å². The van der Waals surface area contributed by atoms with Gasteiger partial charge in [-0.05, 0) is 18.3 Å². The van der Waals surface area contributed by atoms with Crippen LogP contribution in [-0.4, -0.2) is 14.8 Å². The van der Waals surface area contributed by atoms with Crippen LogP contribution in [0.15, 0.2) is 0 Å². The van der Waals surface area contributed by atoms with Crippen molar-refractivity contribution in [3.63, 3.8) is 0 Å². The Labute approximate surface area is 95.8 Å². The fourth-order valence-electron chi connectivity index (χ4n) is 1.97. The monoisotopic (exact) mass is 227 g/mol. The maximum atomic E-state index is 5.87. The summed E-state index contributed by atoms with van der Waals surface area (Å²) in [5.41, 5.74) is 0. The molecule has 0 aromatic carbocycles. The lowest BCUT2D eigenvalue weighted by Gasteiger charge is -2.11. The molecule has 1 saturated carbocycles. The summed E-state index contributed by atoms with van der Waals surface area (Å²) in [6.45, 7) is 7.66. The van der Waals surface area contributed by atoms with Crippen molar-refractivity contribution in [1.29, 1.82) is 0 Å². The molecule has 0 bridgehead atoms. The summed E-state index contributed by atoms with van der Waals surface area (Å²) in [5, 5.41) is 8.45. The van der Waals surface area contributed by atoms with Crippen molar-refractivity contribution in [2.24, 2.45) is 11.8 Å². The van der Waals surface area contributed by atoms with Gasteiger partial charge >= 0.3 is 0 Å². The lowest BCUT2D eigenvalue weighted by atomic mass is 10.2. The van der Waals surface area contributed by atoms with Crippen molar-refractivity contribution in [2.75, 3.05) is 0 Å². The van der Waals surface area contributed by atoms with E-state index < -0.39 is 0 Å². The van der Waals surface area contributed by atoms with E-state index in [-0.39, 0.29) is 0 Å². The van der Waals surface area contributed by atoms with Gasteiger partial charge in [-0.2, -0.15) is 0 Å². The minimum Gasteiger partial charge on any atom is -0.313 e. The highest BCUT2D eigenvalue weighted by molar-refractivity contribution is 6.16. The van der Waals surface area contributed by atoms with Crippen LogP contribution in [0.4, 0.5) is 0 Å². The largest absolute Gasteiger partial charge is 0.313 e. The molecule has 2 atom stereocenters. The van der Waals surface area contributed by atoms with Crippen LogP contribution in [0.25, 0.3) is 0 Å². The van der Waals surface area contributed by atoms with E-state index >= 15 is 0 Å². The minimum absolute atomic E-state index is 0.459. The number of halogens is 1. The van der Waals surface area contributed by atoms with Gasteiger partial charge in [-0.25, -0.2) is 0 Å². The summed E-state index contributed by atoms with van der Waals surface area (Å²) in [7, 11) is 0. The van der Waals surface area contributed by atoms with Gasteiger partial charge < -0.3 is 4.57 Å². The molecular weight excluding hydrogens is 210 g/mol. The molecule has 2 unspecified atom stereocenters. The average molecular weight is 228 g/mol. The second-order valence-electron chi connectivity index (χ2n) is 4.93. The summed E-state index contributed by atoms with van der Waals surface area (Å²) >= 11 is 5.87. The zero-order valence-electron chi connectivity index (χ0n) is 9.57. The molecule has 1 aromatic rings. The van der Waals surface area contributed by atoms with E-state index in [0.717, 1.165) is 24.1 Å². The first-order valence-corrected chi connectivity index (χ1v) is 6.14. The molecule has 3 nitrogen and oxygen atoms in total. The smallest absolute Gasteiger partial charge is 0.147 e.